The van der Waals surface area contributed by atoms with E-state index in [-0.39, 0.29) is 29.8 Å². The Labute approximate surface area is 194 Å². The molecule has 1 aliphatic carbocycles. The lowest BCUT2D eigenvalue weighted by Gasteiger charge is -2.38. The molecule has 9 heteroatoms. The Morgan fingerprint density at radius 2 is 1.68 bits per heavy atom. The van der Waals surface area contributed by atoms with Gasteiger partial charge in [0.15, 0.2) is 0 Å². The molecule has 2 aliphatic rings. The van der Waals surface area contributed by atoms with Crippen molar-refractivity contribution in [2.75, 3.05) is 26.2 Å². The summed E-state index contributed by atoms with van der Waals surface area (Å²) in [4.78, 5) is 55.9. The van der Waals surface area contributed by atoms with Crippen molar-refractivity contribution in [1.82, 2.24) is 19.4 Å². The van der Waals surface area contributed by atoms with Crippen molar-refractivity contribution in [2.45, 2.75) is 25.8 Å². The molecule has 0 unspecified atom stereocenters. The van der Waals surface area contributed by atoms with Gasteiger partial charge in [-0.25, -0.2) is 9.18 Å². The summed E-state index contributed by atoms with van der Waals surface area (Å²) in [5, 5.41) is 0.323. The maximum atomic E-state index is 14.7. The molecule has 34 heavy (non-hydrogen) atoms. The van der Waals surface area contributed by atoms with Crippen LogP contribution in [0.25, 0.3) is 10.9 Å². The van der Waals surface area contributed by atoms with Crippen molar-refractivity contribution < 1.29 is 14.0 Å². The third-order valence-electron chi connectivity index (χ3n) is 6.86. The van der Waals surface area contributed by atoms with Gasteiger partial charge in [0.05, 0.1) is 17.4 Å². The van der Waals surface area contributed by atoms with Crippen molar-refractivity contribution in [1.29, 1.82) is 0 Å². The third-order valence-corrected chi connectivity index (χ3v) is 6.86. The largest absolute Gasteiger partial charge is 0.339 e. The van der Waals surface area contributed by atoms with Gasteiger partial charge >= 0.3 is 5.69 Å². The Bertz CT molecular complexity index is 1380. The van der Waals surface area contributed by atoms with E-state index < -0.39 is 17.1 Å². The number of nitrogens with zero attached hydrogens (tertiary/aromatic N) is 3. The minimum absolute atomic E-state index is 0.132. The first-order valence-corrected chi connectivity index (χ1v) is 11.5. The molecule has 1 aromatic heterocycles. The number of para-hydroxylation sites is 1. The molecular formula is C25H25FN4O4. The van der Waals surface area contributed by atoms with E-state index in [1.165, 1.54) is 22.8 Å². The van der Waals surface area contributed by atoms with E-state index in [0.29, 0.717) is 42.6 Å². The molecule has 1 aliphatic heterocycles. The van der Waals surface area contributed by atoms with Crippen LogP contribution in [0.1, 0.15) is 35.2 Å². The number of H-pyrrole nitrogens is 1. The lowest BCUT2D eigenvalue weighted by molar-refractivity contribution is -0.139. The highest BCUT2D eigenvalue weighted by molar-refractivity contribution is 5.94. The molecule has 3 aromatic rings. The first-order valence-electron chi connectivity index (χ1n) is 11.5. The fourth-order valence-corrected chi connectivity index (χ4v) is 4.62. The second-order valence-corrected chi connectivity index (χ2v) is 8.91. The van der Waals surface area contributed by atoms with Gasteiger partial charge in [-0.05, 0) is 43.2 Å². The quantitative estimate of drug-likeness (QED) is 0.639. The summed E-state index contributed by atoms with van der Waals surface area (Å²) in [6.07, 6.45) is 3.00. The lowest BCUT2D eigenvalue weighted by atomic mass is 9.84. The van der Waals surface area contributed by atoms with Gasteiger partial charge in [0.25, 0.3) is 11.5 Å². The number of carbonyl (C=O) groups excluding carboxylic acids is 2. The number of piperazine rings is 1. The first kappa shape index (κ1) is 22.1. The van der Waals surface area contributed by atoms with Gasteiger partial charge in [0.1, 0.15) is 5.82 Å². The summed E-state index contributed by atoms with van der Waals surface area (Å²) in [5.74, 6) is -0.472. The minimum Gasteiger partial charge on any atom is -0.339 e. The lowest BCUT2D eigenvalue weighted by Crippen LogP contribution is -2.52. The number of nitrogens with one attached hydrogen (secondary N) is 1. The fourth-order valence-electron chi connectivity index (χ4n) is 4.62. The van der Waals surface area contributed by atoms with Crippen LogP contribution in [0, 0.1) is 11.7 Å². The topological polar surface area (TPSA) is 95.5 Å². The van der Waals surface area contributed by atoms with Gasteiger partial charge < -0.3 is 9.80 Å². The number of hydrogen-bond donors (Lipinski definition) is 1. The van der Waals surface area contributed by atoms with Crippen molar-refractivity contribution in [3.8, 4) is 0 Å². The Morgan fingerprint density at radius 3 is 2.38 bits per heavy atom. The summed E-state index contributed by atoms with van der Waals surface area (Å²) < 4.78 is 16.0. The second kappa shape index (κ2) is 8.89. The Hall–Kier alpha value is -3.75. The average Bonchev–Trinajstić information content (AvgIpc) is 2.81. The number of benzene rings is 2. The molecule has 0 radical (unpaired) electrons. The van der Waals surface area contributed by atoms with Crippen LogP contribution in [-0.4, -0.2) is 57.3 Å². The molecule has 1 saturated heterocycles. The monoisotopic (exact) mass is 464 g/mol. The van der Waals surface area contributed by atoms with Crippen molar-refractivity contribution >= 4 is 22.7 Å². The molecule has 2 fully saturated rings. The predicted octanol–water partition coefficient (Wildman–Crippen LogP) is 1.96. The Balaban J connectivity index is 1.35. The summed E-state index contributed by atoms with van der Waals surface area (Å²) in [7, 11) is 0. The van der Waals surface area contributed by atoms with Crippen molar-refractivity contribution in [2.24, 2.45) is 5.92 Å². The highest BCUT2D eigenvalue weighted by atomic mass is 19.1. The van der Waals surface area contributed by atoms with E-state index in [1.54, 1.807) is 29.2 Å². The van der Waals surface area contributed by atoms with E-state index in [0.717, 1.165) is 19.3 Å². The van der Waals surface area contributed by atoms with Crippen LogP contribution >= 0.6 is 0 Å². The van der Waals surface area contributed by atoms with Crippen LogP contribution in [0.5, 0.6) is 0 Å². The smallest absolute Gasteiger partial charge is 0.329 e. The molecule has 1 saturated carbocycles. The predicted molar refractivity (Wildman–Crippen MR) is 124 cm³/mol. The van der Waals surface area contributed by atoms with Crippen LogP contribution in [0.15, 0.2) is 52.1 Å². The highest BCUT2D eigenvalue weighted by Gasteiger charge is 2.32. The summed E-state index contributed by atoms with van der Waals surface area (Å²) in [5.41, 5.74) is -0.274. The zero-order chi connectivity index (χ0) is 23.8. The van der Waals surface area contributed by atoms with Gasteiger partial charge in [-0.15, -0.1) is 0 Å². The molecule has 2 heterocycles. The number of rotatable bonds is 4. The number of carbonyl (C=O) groups is 2. The number of aromatic amines is 1. The molecular weight excluding hydrogens is 439 g/mol. The van der Waals surface area contributed by atoms with Crippen molar-refractivity contribution in [3.05, 3.63) is 80.2 Å². The molecule has 0 spiro atoms. The maximum absolute atomic E-state index is 14.7. The van der Waals surface area contributed by atoms with E-state index in [2.05, 4.69) is 4.98 Å². The van der Waals surface area contributed by atoms with E-state index >= 15 is 0 Å². The normalized spacial score (nSPS) is 16.5. The number of fused-ring (bicyclic) bond motifs is 1. The van der Waals surface area contributed by atoms with E-state index in [9.17, 15) is 23.6 Å². The first-order chi connectivity index (χ1) is 16.4. The summed E-state index contributed by atoms with van der Waals surface area (Å²) >= 11 is 0. The number of aromatic nitrogens is 2. The minimum atomic E-state index is -0.646. The number of hydrogen-bond acceptors (Lipinski definition) is 4. The molecule has 1 N–H and O–H groups in total. The van der Waals surface area contributed by atoms with Crippen molar-refractivity contribution in [3.63, 3.8) is 0 Å². The van der Waals surface area contributed by atoms with Crippen LogP contribution in [0.3, 0.4) is 0 Å². The van der Waals surface area contributed by atoms with Gasteiger partial charge in [-0.1, -0.05) is 18.6 Å². The number of halogens is 1. The van der Waals surface area contributed by atoms with Crippen LogP contribution < -0.4 is 11.2 Å². The molecule has 176 valence electrons. The van der Waals surface area contributed by atoms with Gasteiger partial charge in [0, 0.05) is 43.2 Å². The molecule has 2 aromatic carbocycles. The zero-order valence-corrected chi connectivity index (χ0v) is 18.6. The standard InChI is InChI=1S/C25H25FN4O4/c26-20-9-8-17(24(33)29-12-10-28(11-13-29)23(32)16-4-3-5-16)14-18(20)15-30-21-7-2-1-6-19(21)22(31)27-25(30)34/h1-2,6-9,14,16H,3-5,10-13,15H2,(H,27,31,34). The SMILES string of the molecule is O=C(c1ccc(F)c(Cn2c(=O)[nH]c(=O)c3ccccc32)c1)N1CCN(C(=O)C2CCC2)CC1. The Kier molecular flexibility index (Phi) is 5.77. The van der Waals surface area contributed by atoms with Gasteiger partial charge in [0.2, 0.25) is 5.91 Å². The van der Waals surface area contributed by atoms with Crippen LogP contribution in [0.2, 0.25) is 0 Å². The van der Waals surface area contributed by atoms with E-state index in [1.807, 2.05) is 4.90 Å². The second-order valence-electron chi connectivity index (χ2n) is 8.91. The third kappa shape index (κ3) is 4.02. The van der Waals surface area contributed by atoms with Crippen LogP contribution in [-0.2, 0) is 11.3 Å². The number of amides is 2. The average molecular weight is 464 g/mol. The summed E-state index contributed by atoms with van der Waals surface area (Å²) in [6.45, 7) is 1.70. The van der Waals surface area contributed by atoms with Gasteiger partial charge in [-0.3, -0.25) is 23.9 Å². The van der Waals surface area contributed by atoms with Gasteiger partial charge in [-0.2, -0.15) is 0 Å². The molecule has 2 amide bonds. The summed E-state index contributed by atoms with van der Waals surface area (Å²) in [6, 6.07) is 10.7. The highest BCUT2D eigenvalue weighted by Crippen LogP contribution is 2.28. The maximum Gasteiger partial charge on any atom is 0.329 e. The molecule has 0 bridgehead atoms. The van der Waals surface area contributed by atoms with E-state index in [4.69, 9.17) is 0 Å². The fraction of sp³-hybridized carbons (Fsp3) is 0.360. The Morgan fingerprint density at radius 1 is 0.971 bits per heavy atom. The molecule has 5 rings (SSSR count). The van der Waals surface area contributed by atoms with Crippen LogP contribution in [0.4, 0.5) is 4.39 Å². The molecule has 8 nitrogen and oxygen atoms in total. The molecule has 0 atom stereocenters. The zero-order valence-electron chi connectivity index (χ0n) is 18.6.